The minimum atomic E-state index is -0.0639. The van der Waals surface area contributed by atoms with Gasteiger partial charge in [0.2, 0.25) is 5.91 Å². The number of carbonyl (C=O) groups is 1. The van der Waals surface area contributed by atoms with E-state index in [9.17, 15) is 4.79 Å². The van der Waals surface area contributed by atoms with Crippen molar-refractivity contribution in [2.75, 3.05) is 26.2 Å². The molecule has 0 radical (unpaired) electrons. The van der Waals surface area contributed by atoms with E-state index in [2.05, 4.69) is 27.9 Å². The standard InChI is InChI=1S/C19H31ClN4O2.HI/c1-5-15(26-17-10-8-7-9-16(17)20)13-24-19(21-6-2)23-12-11-22-18(25)14(3)4;/h7-10,14-15H,5-6,11-13H2,1-4H3,(H,22,25)(H2,21,23,24);1H. The molecule has 0 fully saturated rings. The van der Waals surface area contributed by atoms with Gasteiger partial charge in [-0.1, -0.05) is 44.5 Å². The first-order valence-corrected chi connectivity index (χ1v) is 9.56. The highest BCUT2D eigenvalue weighted by Crippen LogP contribution is 2.24. The number of halogens is 2. The Hall–Kier alpha value is -1.22. The Balaban J connectivity index is 0.00000676. The van der Waals surface area contributed by atoms with Crippen molar-refractivity contribution in [1.29, 1.82) is 0 Å². The van der Waals surface area contributed by atoms with Gasteiger partial charge in [0.1, 0.15) is 11.9 Å². The van der Waals surface area contributed by atoms with Gasteiger partial charge in [-0.2, -0.15) is 0 Å². The fourth-order valence-corrected chi connectivity index (χ4v) is 2.26. The number of carbonyl (C=O) groups excluding carboxylic acids is 1. The van der Waals surface area contributed by atoms with Crippen LogP contribution in [0, 0.1) is 5.92 Å². The summed E-state index contributed by atoms with van der Waals surface area (Å²) < 4.78 is 5.95. The monoisotopic (exact) mass is 510 g/mol. The van der Waals surface area contributed by atoms with Crippen molar-refractivity contribution < 1.29 is 9.53 Å². The molecule has 1 aromatic rings. The summed E-state index contributed by atoms with van der Waals surface area (Å²) in [6, 6.07) is 7.44. The molecule has 0 saturated heterocycles. The zero-order valence-corrected chi connectivity index (χ0v) is 19.6. The molecule has 3 N–H and O–H groups in total. The summed E-state index contributed by atoms with van der Waals surface area (Å²) in [6.07, 6.45) is 0.754. The molecule has 0 heterocycles. The summed E-state index contributed by atoms with van der Waals surface area (Å²) in [4.78, 5) is 16.1. The predicted octanol–water partition coefficient (Wildman–Crippen LogP) is 3.44. The lowest BCUT2D eigenvalue weighted by Crippen LogP contribution is -2.42. The molecule has 0 aliphatic heterocycles. The molecule has 6 nitrogen and oxygen atoms in total. The summed E-state index contributed by atoms with van der Waals surface area (Å²) >= 11 is 6.15. The number of rotatable bonds is 10. The molecule has 1 rings (SSSR count). The molecule has 0 spiro atoms. The van der Waals surface area contributed by atoms with Crippen LogP contribution in [-0.2, 0) is 4.79 Å². The van der Waals surface area contributed by atoms with E-state index in [-0.39, 0.29) is 41.9 Å². The number of para-hydroxylation sites is 1. The Bertz CT molecular complexity index is 585. The van der Waals surface area contributed by atoms with E-state index >= 15 is 0 Å². The third-order valence-corrected chi connectivity index (χ3v) is 3.94. The Morgan fingerprint density at radius 2 is 1.81 bits per heavy atom. The molecule has 27 heavy (non-hydrogen) atoms. The number of aliphatic imine (C=N–C) groups is 1. The van der Waals surface area contributed by atoms with Crippen LogP contribution in [0.15, 0.2) is 29.3 Å². The molecular weight excluding hydrogens is 479 g/mol. The smallest absolute Gasteiger partial charge is 0.222 e. The van der Waals surface area contributed by atoms with E-state index in [4.69, 9.17) is 16.3 Å². The minimum Gasteiger partial charge on any atom is -0.487 e. The number of ether oxygens (including phenoxy) is 1. The summed E-state index contributed by atoms with van der Waals surface area (Å²) in [7, 11) is 0. The van der Waals surface area contributed by atoms with Crippen LogP contribution in [0.4, 0.5) is 0 Å². The predicted molar refractivity (Wildman–Crippen MR) is 123 cm³/mol. The van der Waals surface area contributed by atoms with Gasteiger partial charge in [0.25, 0.3) is 0 Å². The van der Waals surface area contributed by atoms with Gasteiger partial charge in [0.15, 0.2) is 5.96 Å². The number of nitrogens with one attached hydrogen (secondary N) is 3. The van der Waals surface area contributed by atoms with Crippen LogP contribution >= 0.6 is 35.6 Å². The highest BCUT2D eigenvalue weighted by atomic mass is 127. The molecule has 1 amide bonds. The summed E-state index contributed by atoms with van der Waals surface area (Å²) in [6.45, 7) is 10.2. The van der Waals surface area contributed by atoms with Crippen LogP contribution in [0.2, 0.25) is 5.02 Å². The van der Waals surface area contributed by atoms with Crippen LogP contribution in [0.25, 0.3) is 0 Å². The average molecular weight is 511 g/mol. The first-order chi connectivity index (χ1) is 12.5. The van der Waals surface area contributed by atoms with Crippen molar-refractivity contribution in [3.05, 3.63) is 29.3 Å². The quantitative estimate of drug-likeness (QED) is 0.195. The van der Waals surface area contributed by atoms with Gasteiger partial charge in [0.05, 0.1) is 11.6 Å². The lowest BCUT2D eigenvalue weighted by atomic mass is 10.2. The average Bonchev–Trinajstić information content (AvgIpc) is 2.62. The summed E-state index contributed by atoms with van der Waals surface area (Å²) in [5.41, 5.74) is 0. The lowest BCUT2D eigenvalue weighted by Gasteiger charge is -2.18. The molecule has 8 heteroatoms. The van der Waals surface area contributed by atoms with E-state index < -0.39 is 0 Å². The molecule has 0 aliphatic rings. The zero-order chi connectivity index (χ0) is 19.4. The first-order valence-electron chi connectivity index (χ1n) is 9.18. The Kier molecular flexibility index (Phi) is 14.1. The minimum absolute atomic E-state index is 0. The van der Waals surface area contributed by atoms with E-state index in [1.807, 2.05) is 45.0 Å². The third-order valence-electron chi connectivity index (χ3n) is 3.62. The molecule has 1 aromatic carbocycles. The van der Waals surface area contributed by atoms with E-state index in [0.717, 1.165) is 13.0 Å². The molecule has 0 aromatic heterocycles. The second kappa shape index (κ2) is 14.8. The number of benzene rings is 1. The Morgan fingerprint density at radius 3 is 2.41 bits per heavy atom. The van der Waals surface area contributed by atoms with E-state index in [1.165, 1.54) is 0 Å². The second-order valence-electron chi connectivity index (χ2n) is 6.17. The van der Waals surface area contributed by atoms with Gasteiger partial charge >= 0.3 is 0 Å². The van der Waals surface area contributed by atoms with E-state index in [1.54, 1.807) is 0 Å². The maximum absolute atomic E-state index is 11.6. The van der Waals surface area contributed by atoms with Gasteiger partial charge < -0.3 is 20.7 Å². The maximum Gasteiger partial charge on any atom is 0.222 e. The molecule has 154 valence electrons. The van der Waals surface area contributed by atoms with Crippen LogP contribution < -0.4 is 20.7 Å². The summed E-state index contributed by atoms with van der Waals surface area (Å²) in [5, 5.41) is 9.87. The maximum atomic E-state index is 11.6. The van der Waals surface area contributed by atoms with Crippen molar-refractivity contribution in [2.45, 2.75) is 40.2 Å². The fourth-order valence-electron chi connectivity index (χ4n) is 2.08. The van der Waals surface area contributed by atoms with Crippen LogP contribution in [0.3, 0.4) is 0 Å². The third kappa shape index (κ3) is 10.6. The second-order valence-corrected chi connectivity index (χ2v) is 6.58. The van der Waals surface area contributed by atoms with E-state index in [0.29, 0.717) is 36.4 Å². The molecule has 0 aliphatic carbocycles. The largest absolute Gasteiger partial charge is 0.487 e. The first kappa shape index (κ1) is 25.8. The number of nitrogens with zero attached hydrogens (tertiary/aromatic N) is 1. The Morgan fingerprint density at radius 1 is 1.15 bits per heavy atom. The zero-order valence-electron chi connectivity index (χ0n) is 16.5. The van der Waals surface area contributed by atoms with Crippen LogP contribution in [0.1, 0.15) is 34.1 Å². The van der Waals surface area contributed by atoms with Crippen LogP contribution in [0.5, 0.6) is 5.75 Å². The molecular formula is C19H32ClIN4O2. The molecule has 0 bridgehead atoms. The van der Waals surface area contributed by atoms with Gasteiger partial charge in [-0.15, -0.1) is 24.0 Å². The molecule has 0 saturated carbocycles. The van der Waals surface area contributed by atoms with Gasteiger partial charge in [-0.05, 0) is 25.5 Å². The fraction of sp³-hybridized carbons (Fsp3) is 0.579. The summed E-state index contributed by atoms with van der Waals surface area (Å²) in [5.74, 6) is 1.41. The van der Waals surface area contributed by atoms with Crippen LogP contribution in [-0.4, -0.2) is 44.1 Å². The van der Waals surface area contributed by atoms with Crippen molar-refractivity contribution >= 4 is 47.4 Å². The molecule has 1 atom stereocenters. The number of hydrogen-bond donors (Lipinski definition) is 3. The van der Waals surface area contributed by atoms with Crippen molar-refractivity contribution in [3.63, 3.8) is 0 Å². The number of hydrogen-bond acceptors (Lipinski definition) is 3. The highest BCUT2D eigenvalue weighted by molar-refractivity contribution is 14.0. The SMILES string of the molecule is CCNC(=NCC(CC)Oc1ccccc1Cl)NCCNC(=O)C(C)C.I. The van der Waals surface area contributed by atoms with Gasteiger partial charge in [0, 0.05) is 25.6 Å². The van der Waals surface area contributed by atoms with Gasteiger partial charge in [-0.3, -0.25) is 4.79 Å². The van der Waals surface area contributed by atoms with Crippen molar-refractivity contribution in [2.24, 2.45) is 10.9 Å². The Labute approximate surface area is 184 Å². The molecule has 1 unspecified atom stereocenters. The highest BCUT2D eigenvalue weighted by Gasteiger charge is 2.11. The number of guanidine groups is 1. The van der Waals surface area contributed by atoms with Crippen molar-refractivity contribution in [1.82, 2.24) is 16.0 Å². The lowest BCUT2D eigenvalue weighted by molar-refractivity contribution is -0.123. The topological polar surface area (TPSA) is 74.8 Å². The normalized spacial score (nSPS) is 12.1. The van der Waals surface area contributed by atoms with Gasteiger partial charge in [-0.25, -0.2) is 4.99 Å². The number of amides is 1. The van der Waals surface area contributed by atoms with Crippen molar-refractivity contribution in [3.8, 4) is 5.75 Å².